The smallest absolute Gasteiger partial charge is 0.255 e. The number of aromatic hydroxyl groups is 1. The lowest BCUT2D eigenvalue weighted by molar-refractivity contribution is -0.152. The van der Waals surface area contributed by atoms with Gasteiger partial charge in [-0.2, -0.15) is 0 Å². The van der Waals surface area contributed by atoms with E-state index in [1.165, 1.54) is 13.0 Å². The van der Waals surface area contributed by atoms with E-state index in [0.29, 0.717) is 5.69 Å². The van der Waals surface area contributed by atoms with E-state index in [9.17, 15) is 39.9 Å². The van der Waals surface area contributed by atoms with Gasteiger partial charge in [0.15, 0.2) is 11.4 Å². The lowest BCUT2D eigenvalue weighted by Crippen LogP contribution is -2.60. The molecule has 0 saturated heterocycles. The molecule has 3 aliphatic carbocycles. The molecule has 1 unspecified atom stereocenters. The summed E-state index contributed by atoms with van der Waals surface area (Å²) in [4.78, 5) is 39.3. The topological polar surface area (TPSA) is 208 Å². The fourth-order valence-electron chi connectivity index (χ4n) is 5.42. The van der Waals surface area contributed by atoms with Gasteiger partial charge in [-0.1, -0.05) is 0 Å². The zero-order chi connectivity index (χ0) is 24.8. The van der Waals surface area contributed by atoms with E-state index in [2.05, 4.69) is 0 Å². The number of hydrogen-bond donors (Lipinski definition) is 7. The number of aliphatic hydroxyl groups is 4. The molecule has 1 amide bonds. The predicted molar refractivity (Wildman–Crippen MR) is 116 cm³/mol. The van der Waals surface area contributed by atoms with E-state index in [1.807, 2.05) is 0 Å². The minimum Gasteiger partial charge on any atom is -0.508 e. The second-order valence-electron chi connectivity index (χ2n) is 9.18. The molecule has 4 rings (SSSR count). The molecule has 0 spiro atoms. The van der Waals surface area contributed by atoms with Crippen LogP contribution in [0.15, 0.2) is 23.0 Å². The van der Waals surface area contributed by atoms with E-state index in [-0.39, 0.29) is 23.2 Å². The number of fused-ring (bicyclic) bond motifs is 3. The third-order valence-corrected chi connectivity index (χ3v) is 7.07. The first-order valence-electron chi connectivity index (χ1n) is 10.2. The molecule has 1 saturated carbocycles. The first-order chi connectivity index (χ1) is 15.2. The van der Waals surface area contributed by atoms with Crippen LogP contribution in [0.3, 0.4) is 0 Å². The van der Waals surface area contributed by atoms with E-state index in [4.69, 9.17) is 11.5 Å². The molecule has 0 bridgehead atoms. The van der Waals surface area contributed by atoms with E-state index in [0.717, 1.165) is 0 Å². The number of phenolic OH excluding ortho intramolecular Hbond substituents is 1. The molecule has 3 aliphatic rings. The number of phenols is 1. The molecule has 4 atom stereocenters. The van der Waals surface area contributed by atoms with Crippen LogP contribution in [0.4, 0.5) is 11.4 Å². The van der Waals surface area contributed by atoms with Gasteiger partial charge in [0, 0.05) is 49.2 Å². The molecule has 11 heteroatoms. The maximum absolute atomic E-state index is 13.6. The summed E-state index contributed by atoms with van der Waals surface area (Å²) in [6.45, 7) is 1.39. The third kappa shape index (κ3) is 2.66. The third-order valence-electron chi connectivity index (χ3n) is 7.07. The van der Waals surface area contributed by atoms with Crippen molar-refractivity contribution in [1.29, 1.82) is 0 Å². The molecular weight excluding hydrogens is 434 g/mol. The first kappa shape index (κ1) is 22.6. The van der Waals surface area contributed by atoms with E-state index < -0.39 is 75.3 Å². The van der Waals surface area contributed by atoms with Gasteiger partial charge in [-0.25, -0.2) is 0 Å². The molecule has 0 aromatic heterocycles. The number of ketones is 2. The van der Waals surface area contributed by atoms with Crippen LogP contribution in [-0.2, 0) is 20.0 Å². The highest BCUT2D eigenvalue weighted by atomic mass is 16.3. The van der Waals surface area contributed by atoms with Crippen molar-refractivity contribution >= 4 is 34.6 Å². The van der Waals surface area contributed by atoms with Crippen LogP contribution in [-0.4, -0.2) is 62.7 Å². The minimum absolute atomic E-state index is 0.114. The number of anilines is 2. The lowest BCUT2D eigenvalue weighted by Gasteiger charge is -2.50. The summed E-state index contributed by atoms with van der Waals surface area (Å²) in [6, 6.07) is 1.42. The van der Waals surface area contributed by atoms with E-state index >= 15 is 0 Å². The number of aliphatic hydroxyl groups excluding tert-OH is 2. The van der Waals surface area contributed by atoms with Crippen molar-refractivity contribution in [3.63, 3.8) is 0 Å². The average Bonchev–Trinajstić information content (AvgIpc) is 2.70. The average molecular weight is 459 g/mol. The van der Waals surface area contributed by atoms with Crippen LogP contribution in [0.2, 0.25) is 0 Å². The van der Waals surface area contributed by atoms with Crippen LogP contribution < -0.4 is 16.4 Å². The number of amides is 1. The molecule has 11 nitrogen and oxygen atoms in total. The van der Waals surface area contributed by atoms with Crippen LogP contribution in [0.1, 0.15) is 30.9 Å². The van der Waals surface area contributed by atoms with Gasteiger partial charge in [-0.05, 0) is 19.4 Å². The van der Waals surface area contributed by atoms with Crippen molar-refractivity contribution in [1.82, 2.24) is 0 Å². The van der Waals surface area contributed by atoms with Crippen molar-refractivity contribution < 1.29 is 39.9 Å². The summed E-state index contributed by atoms with van der Waals surface area (Å²) in [5.74, 6) is -8.14. The second kappa shape index (κ2) is 6.72. The number of nitrogen functional groups attached to an aromatic ring is 1. The highest BCUT2D eigenvalue weighted by molar-refractivity contribution is 6.22. The molecular formula is C22H25N3O8. The van der Waals surface area contributed by atoms with Crippen molar-refractivity contribution in [2.45, 2.75) is 31.0 Å². The van der Waals surface area contributed by atoms with Crippen molar-refractivity contribution in [2.75, 3.05) is 24.7 Å². The number of primary amides is 1. The standard InChI is InChI=1S/C22H25N3O8/c1-21(32)8-4-7-5-11(26)13(20(24)31)19(30)22(7,33)18(29)12(8)17(28)14-15(21)10(25(2)3)6-9(23)16(14)27/h6-8,27-28,30,32-33H,4-5,23H2,1-3H3,(H2,24,31)/t7-,8-,21?,22-/m0/s1. The summed E-state index contributed by atoms with van der Waals surface area (Å²) in [5, 5.41) is 55.3. The van der Waals surface area contributed by atoms with Gasteiger partial charge in [0.2, 0.25) is 5.78 Å². The Hall–Kier alpha value is -3.57. The van der Waals surface area contributed by atoms with Gasteiger partial charge in [0.05, 0.1) is 16.9 Å². The maximum Gasteiger partial charge on any atom is 0.255 e. The van der Waals surface area contributed by atoms with Gasteiger partial charge < -0.3 is 41.9 Å². The summed E-state index contributed by atoms with van der Waals surface area (Å²) in [5.41, 5.74) is 5.24. The van der Waals surface area contributed by atoms with Crippen molar-refractivity contribution in [3.05, 3.63) is 34.1 Å². The molecule has 1 aromatic carbocycles. The zero-order valence-electron chi connectivity index (χ0n) is 18.2. The highest BCUT2D eigenvalue weighted by Crippen LogP contribution is 2.59. The second-order valence-corrected chi connectivity index (χ2v) is 9.18. The lowest BCUT2D eigenvalue weighted by atomic mass is 9.55. The Bertz CT molecular complexity index is 1210. The quantitative estimate of drug-likeness (QED) is 0.175. The van der Waals surface area contributed by atoms with Gasteiger partial charge in [-0.3, -0.25) is 14.4 Å². The summed E-state index contributed by atoms with van der Waals surface area (Å²) in [6.07, 6.45) is -0.681. The summed E-state index contributed by atoms with van der Waals surface area (Å²) >= 11 is 0. The van der Waals surface area contributed by atoms with E-state index in [1.54, 1.807) is 19.0 Å². The number of hydrogen-bond acceptors (Lipinski definition) is 10. The number of nitrogens with zero attached hydrogens (tertiary/aromatic N) is 1. The maximum atomic E-state index is 13.6. The van der Waals surface area contributed by atoms with Crippen LogP contribution in [0.5, 0.6) is 5.75 Å². The fraction of sp³-hybridized carbons (Fsp3) is 0.409. The molecule has 1 fully saturated rings. The van der Waals surface area contributed by atoms with Crippen molar-refractivity contribution in [3.8, 4) is 5.75 Å². The normalized spacial score (nSPS) is 31.2. The number of carbonyl (C=O) groups excluding carboxylic acids is 3. The molecule has 9 N–H and O–H groups in total. The molecule has 1 aromatic rings. The summed E-state index contributed by atoms with van der Waals surface area (Å²) in [7, 11) is 3.33. The molecule has 0 radical (unpaired) electrons. The Labute approximate surface area is 188 Å². The Kier molecular flexibility index (Phi) is 4.60. The molecule has 176 valence electrons. The predicted octanol–water partition coefficient (Wildman–Crippen LogP) is -0.263. The highest BCUT2D eigenvalue weighted by Gasteiger charge is 2.63. The first-order valence-corrected chi connectivity index (χ1v) is 10.2. The van der Waals surface area contributed by atoms with Crippen LogP contribution >= 0.6 is 0 Å². The largest absolute Gasteiger partial charge is 0.508 e. The van der Waals surface area contributed by atoms with Crippen molar-refractivity contribution in [2.24, 2.45) is 17.6 Å². The Morgan fingerprint density at radius 1 is 1.18 bits per heavy atom. The fourth-order valence-corrected chi connectivity index (χ4v) is 5.42. The van der Waals surface area contributed by atoms with Crippen LogP contribution in [0, 0.1) is 11.8 Å². The summed E-state index contributed by atoms with van der Waals surface area (Å²) < 4.78 is 0. The van der Waals surface area contributed by atoms with Gasteiger partial charge in [-0.15, -0.1) is 0 Å². The minimum atomic E-state index is -2.72. The number of nitrogens with two attached hydrogens (primary N) is 2. The van der Waals surface area contributed by atoms with Gasteiger partial charge >= 0.3 is 0 Å². The Morgan fingerprint density at radius 2 is 1.79 bits per heavy atom. The van der Waals surface area contributed by atoms with Crippen LogP contribution in [0.25, 0.3) is 5.76 Å². The SMILES string of the molecule is CN(C)c1cc(N)c(O)c2c1C(C)(O)[C@H]1C[C@H]3CC(=O)C(C(N)=O)=C(O)[C@@]3(O)C(=O)C1=C2O. The zero-order valence-corrected chi connectivity index (χ0v) is 18.2. The molecule has 33 heavy (non-hydrogen) atoms. The van der Waals surface area contributed by atoms with Gasteiger partial charge in [0.25, 0.3) is 5.91 Å². The molecule has 0 aliphatic heterocycles. The number of carbonyl (C=O) groups is 3. The molecule has 0 heterocycles. The Morgan fingerprint density at radius 3 is 2.33 bits per heavy atom. The number of benzene rings is 1. The Balaban J connectivity index is 2.06. The monoisotopic (exact) mass is 459 g/mol. The van der Waals surface area contributed by atoms with Gasteiger partial charge in [0.1, 0.15) is 22.8 Å². The number of Topliss-reactive ketones (excluding diaryl/α,β-unsaturated/α-hetero) is 2. The number of rotatable bonds is 2.